The fourth-order valence-electron chi connectivity index (χ4n) is 4.30. The molecule has 2 heterocycles. The Hall–Kier alpha value is -2.37. The van der Waals surface area contributed by atoms with Gasteiger partial charge in [-0.1, -0.05) is 6.07 Å². The van der Waals surface area contributed by atoms with Gasteiger partial charge >= 0.3 is 0 Å². The number of hydrogen-bond acceptors (Lipinski definition) is 3. The SMILES string of the molecule is NC(=O)[C@H]1CCN(C(=O)[C@@H]2CC(=O)N(c3ccc4c(c3)CCC4)C2)C1. The first-order chi connectivity index (χ1) is 12.0. The van der Waals surface area contributed by atoms with Gasteiger partial charge < -0.3 is 15.5 Å². The third-order valence-electron chi connectivity index (χ3n) is 5.77. The van der Waals surface area contributed by atoms with Crippen molar-refractivity contribution < 1.29 is 14.4 Å². The lowest BCUT2D eigenvalue weighted by atomic mass is 10.1. The van der Waals surface area contributed by atoms with E-state index in [1.54, 1.807) is 9.80 Å². The predicted octanol–water partition coefficient (Wildman–Crippen LogP) is 0.862. The summed E-state index contributed by atoms with van der Waals surface area (Å²) in [6.07, 6.45) is 4.21. The number of fused-ring (bicyclic) bond motifs is 1. The van der Waals surface area contributed by atoms with Crippen LogP contribution in [0.1, 0.15) is 30.4 Å². The van der Waals surface area contributed by atoms with Gasteiger partial charge in [-0.15, -0.1) is 0 Å². The lowest BCUT2D eigenvalue weighted by Gasteiger charge is -2.21. The molecule has 0 radical (unpaired) electrons. The zero-order valence-corrected chi connectivity index (χ0v) is 14.2. The second-order valence-corrected chi connectivity index (χ2v) is 7.38. The molecule has 1 aromatic rings. The van der Waals surface area contributed by atoms with Crippen LogP contribution in [0.5, 0.6) is 0 Å². The molecule has 0 unspecified atom stereocenters. The number of nitrogens with two attached hydrogens (primary N) is 1. The van der Waals surface area contributed by atoms with Gasteiger partial charge in [0, 0.05) is 31.7 Å². The molecule has 132 valence electrons. The molecule has 25 heavy (non-hydrogen) atoms. The Labute approximate surface area is 147 Å². The topological polar surface area (TPSA) is 83.7 Å². The van der Waals surface area contributed by atoms with E-state index in [0.29, 0.717) is 26.1 Å². The average molecular weight is 341 g/mol. The van der Waals surface area contributed by atoms with Crippen molar-refractivity contribution in [3.05, 3.63) is 29.3 Å². The van der Waals surface area contributed by atoms with E-state index in [1.807, 2.05) is 6.07 Å². The second kappa shape index (κ2) is 6.17. The highest BCUT2D eigenvalue weighted by Gasteiger charge is 2.40. The number of aryl methyl sites for hydroxylation is 2. The van der Waals surface area contributed by atoms with Gasteiger partial charge in [0.05, 0.1) is 11.8 Å². The summed E-state index contributed by atoms with van der Waals surface area (Å²) in [6.45, 7) is 1.36. The third-order valence-corrected chi connectivity index (χ3v) is 5.77. The minimum absolute atomic E-state index is 0.00180. The molecule has 1 aliphatic carbocycles. The second-order valence-electron chi connectivity index (χ2n) is 7.38. The van der Waals surface area contributed by atoms with E-state index in [1.165, 1.54) is 17.5 Å². The number of hydrogen-bond donors (Lipinski definition) is 1. The minimum Gasteiger partial charge on any atom is -0.369 e. The summed E-state index contributed by atoms with van der Waals surface area (Å²) in [7, 11) is 0. The van der Waals surface area contributed by atoms with Crippen LogP contribution >= 0.6 is 0 Å². The Bertz CT molecular complexity index is 745. The van der Waals surface area contributed by atoms with Crippen LogP contribution in [-0.4, -0.2) is 42.3 Å². The fourth-order valence-corrected chi connectivity index (χ4v) is 4.30. The van der Waals surface area contributed by atoms with Crippen LogP contribution in [0.15, 0.2) is 18.2 Å². The average Bonchev–Trinajstić information content (AvgIpc) is 3.32. The molecular formula is C19H23N3O3. The Morgan fingerprint density at radius 1 is 1.08 bits per heavy atom. The molecule has 2 saturated heterocycles. The van der Waals surface area contributed by atoms with Crippen LogP contribution < -0.4 is 10.6 Å². The molecule has 3 amide bonds. The van der Waals surface area contributed by atoms with E-state index in [-0.39, 0.29) is 36.0 Å². The van der Waals surface area contributed by atoms with Crippen molar-refractivity contribution in [2.45, 2.75) is 32.1 Å². The standard InChI is InChI=1S/C19H23N3O3/c20-18(24)14-6-7-21(10-14)19(25)15-9-17(23)22(11-15)16-5-4-12-2-1-3-13(12)8-16/h4-5,8,14-15H,1-3,6-7,9-11H2,(H2,20,24)/t14-,15+/m0/s1. The van der Waals surface area contributed by atoms with Crippen LogP contribution in [0.2, 0.25) is 0 Å². The summed E-state index contributed by atoms with van der Waals surface area (Å²) in [6, 6.07) is 6.21. The molecule has 2 N–H and O–H groups in total. The van der Waals surface area contributed by atoms with E-state index < -0.39 is 0 Å². The first-order valence-corrected chi connectivity index (χ1v) is 9.03. The van der Waals surface area contributed by atoms with E-state index in [9.17, 15) is 14.4 Å². The fraction of sp³-hybridized carbons (Fsp3) is 0.526. The van der Waals surface area contributed by atoms with Gasteiger partial charge in [0.1, 0.15) is 0 Å². The number of amides is 3. The van der Waals surface area contributed by atoms with Crippen LogP contribution in [0.3, 0.4) is 0 Å². The van der Waals surface area contributed by atoms with E-state index in [2.05, 4.69) is 12.1 Å². The van der Waals surface area contributed by atoms with Crippen molar-refractivity contribution >= 4 is 23.4 Å². The number of primary amides is 1. The number of rotatable bonds is 3. The molecule has 2 fully saturated rings. The normalized spacial score (nSPS) is 25.5. The van der Waals surface area contributed by atoms with Crippen LogP contribution in [0.4, 0.5) is 5.69 Å². The molecule has 0 bridgehead atoms. The maximum absolute atomic E-state index is 12.7. The maximum Gasteiger partial charge on any atom is 0.228 e. The van der Waals surface area contributed by atoms with Gasteiger partial charge in [-0.05, 0) is 48.9 Å². The highest BCUT2D eigenvalue weighted by molar-refractivity contribution is 6.00. The largest absolute Gasteiger partial charge is 0.369 e. The zero-order valence-electron chi connectivity index (χ0n) is 14.2. The zero-order chi connectivity index (χ0) is 17.6. The van der Waals surface area contributed by atoms with Crippen molar-refractivity contribution in [1.82, 2.24) is 4.90 Å². The molecule has 6 nitrogen and oxygen atoms in total. The monoisotopic (exact) mass is 341 g/mol. The quantitative estimate of drug-likeness (QED) is 0.885. The highest BCUT2D eigenvalue weighted by atomic mass is 16.2. The molecule has 2 aliphatic heterocycles. The maximum atomic E-state index is 12.7. The number of carbonyl (C=O) groups excluding carboxylic acids is 3. The van der Waals surface area contributed by atoms with Gasteiger partial charge in [-0.25, -0.2) is 0 Å². The Morgan fingerprint density at radius 3 is 2.64 bits per heavy atom. The van der Waals surface area contributed by atoms with Crippen molar-refractivity contribution in [2.75, 3.05) is 24.5 Å². The van der Waals surface area contributed by atoms with Crippen molar-refractivity contribution in [2.24, 2.45) is 17.6 Å². The molecule has 3 aliphatic rings. The summed E-state index contributed by atoms with van der Waals surface area (Å²) in [5.41, 5.74) is 8.94. The minimum atomic E-state index is -0.349. The molecule has 2 atom stereocenters. The molecule has 1 aromatic carbocycles. The molecular weight excluding hydrogens is 318 g/mol. The summed E-state index contributed by atoms with van der Waals surface area (Å²) >= 11 is 0. The lowest BCUT2D eigenvalue weighted by Crippen LogP contribution is -2.37. The van der Waals surface area contributed by atoms with Gasteiger partial charge in [-0.3, -0.25) is 14.4 Å². The van der Waals surface area contributed by atoms with Crippen molar-refractivity contribution in [3.63, 3.8) is 0 Å². The van der Waals surface area contributed by atoms with Gasteiger partial charge in [0.2, 0.25) is 17.7 Å². The third kappa shape index (κ3) is 2.90. The molecule has 6 heteroatoms. The Balaban J connectivity index is 1.45. The number of benzene rings is 1. The summed E-state index contributed by atoms with van der Waals surface area (Å²) < 4.78 is 0. The Kier molecular flexibility index (Phi) is 3.98. The van der Waals surface area contributed by atoms with Crippen LogP contribution in [0, 0.1) is 11.8 Å². The van der Waals surface area contributed by atoms with E-state index >= 15 is 0 Å². The van der Waals surface area contributed by atoms with Crippen LogP contribution in [0.25, 0.3) is 0 Å². The first-order valence-electron chi connectivity index (χ1n) is 9.03. The lowest BCUT2D eigenvalue weighted by molar-refractivity contribution is -0.135. The van der Waals surface area contributed by atoms with Gasteiger partial charge in [0.15, 0.2) is 0 Å². The summed E-state index contributed by atoms with van der Waals surface area (Å²) in [5.74, 6) is -0.957. The van der Waals surface area contributed by atoms with Crippen molar-refractivity contribution in [3.8, 4) is 0 Å². The van der Waals surface area contributed by atoms with Crippen molar-refractivity contribution in [1.29, 1.82) is 0 Å². The Morgan fingerprint density at radius 2 is 1.88 bits per heavy atom. The summed E-state index contributed by atoms with van der Waals surface area (Å²) in [5, 5.41) is 0. The molecule has 0 aromatic heterocycles. The molecule has 4 rings (SSSR count). The number of anilines is 1. The van der Waals surface area contributed by atoms with Gasteiger partial charge in [-0.2, -0.15) is 0 Å². The number of nitrogens with zero attached hydrogens (tertiary/aromatic N) is 2. The predicted molar refractivity (Wildman–Crippen MR) is 92.8 cm³/mol. The number of carbonyl (C=O) groups is 3. The van der Waals surface area contributed by atoms with Crippen LogP contribution in [-0.2, 0) is 27.2 Å². The number of likely N-dealkylation sites (tertiary alicyclic amines) is 1. The first kappa shape index (κ1) is 16.1. The van der Waals surface area contributed by atoms with Gasteiger partial charge in [0.25, 0.3) is 0 Å². The van der Waals surface area contributed by atoms with E-state index in [0.717, 1.165) is 18.5 Å². The molecule has 0 saturated carbocycles. The molecule has 0 spiro atoms. The summed E-state index contributed by atoms with van der Waals surface area (Å²) in [4.78, 5) is 39.9. The highest BCUT2D eigenvalue weighted by Crippen LogP contribution is 2.31. The smallest absolute Gasteiger partial charge is 0.228 e. The van der Waals surface area contributed by atoms with E-state index in [4.69, 9.17) is 5.73 Å².